The molecule has 2 aromatic heterocycles. The molecular weight excluding hydrogens is 294 g/mol. The summed E-state index contributed by atoms with van der Waals surface area (Å²) < 4.78 is 5.62. The molecule has 0 fully saturated rings. The van der Waals surface area contributed by atoms with Crippen LogP contribution in [0, 0.1) is 0 Å². The van der Waals surface area contributed by atoms with E-state index >= 15 is 0 Å². The van der Waals surface area contributed by atoms with Crippen LogP contribution in [0.5, 0.6) is 0 Å². The van der Waals surface area contributed by atoms with E-state index in [1.807, 2.05) is 0 Å². The topological polar surface area (TPSA) is 76.3 Å². The van der Waals surface area contributed by atoms with Gasteiger partial charge in [0.25, 0.3) is 5.91 Å². The fourth-order valence-electron chi connectivity index (χ4n) is 2.81. The Kier molecular flexibility index (Phi) is 3.15. The Hall–Kier alpha value is -3.02. The van der Waals surface area contributed by atoms with E-state index in [2.05, 4.69) is 9.97 Å². The van der Waals surface area contributed by atoms with Gasteiger partial charge in [-0.05, 0) is 12.1 Å². The van der Waals surface area contributed by atoms with E-state index in [4.69, 9.17) is 4.42 Å². The smallest absolute Gasteiger partial charge is 0.290 e. The number of aromatic nitrogens is 2. The van der Waals surface area contributed by atoms with Crippen molar-refractivity contribution in [2.24, 2.45) is 0 Å². The first kappa shape index (κ1) is 13.6. The molecule has 0 radical (unpaired) electrons. The van der Waals surface area contributed by atoms with Crippen LogP contribution in [0.1, 0.15) is 21.8 Å². The lowest BCUT2D eigenvalue weighted by molar-refractivity contribution is 0.0701. The number of rotatable bonds is 1. The molecule has 23 heavy (non-hydrogen) atoms. The molecule has 3 heterocycles. The molecule has 1 aromatic carbocycles. The first-order valence-electron chi connectivity index (χ1n) is 7.32. The summed E-state index contributed by atoms with van der Waals surface area (Å²) in [7, 11) is 0. The van der Waals surface area contributed by atoms with Gasteiger partial charge in [-0.1, -0.05) is 12.1 Å². The fraction of sp³-hybridized carbons (Fsp3) is 0.176. The van der Waals surface area contributed by atoms with Crippen molar-refractivity contribution in [2.75, 3.05) is 6.54 Å². The Morgan fingerprint density at radius 1 is 1.26 bits per heavy atom. The van der Waals surface area contributed by atoms with Crippen molar-refractivity contribution in [2.45, 2.75) is 13.0 Å². The maximum absolute atomic E-state index is 12.7. The van der Waals surface area contributed by atoms with Crippen molar-refractivity contribution in [3.05, 3.63) is 70.1 Å². The van der Waals surface area contributed by atoms with Crippen molar-refractivity contribution in [3.8, 4) is 0 Å². The van der Waals surface area contributed by atoms with Gasteiger partial charge in [0.1, 0.15) is 11.9 Å². The molecule has 0 N–H and O–H groups in total. The molecule has 114 valence electrons. The Morgan fingerprint density at radius 3 is 3.04 bits per heavy atom. The van der Waals surface area contributed by atoms with Gasteiger partial charge in [0, 0.05) is 37.3 Å². The minimum Gasteiger partial charge on any atom is -0.451 e. The minimum atomic E-state index is -0.289. The average Bonchev–Trinajstić information content (AvgIpc) is 2.60. The minimum absolute atomic E-state index is 0.0639. The van der Waals surface area contributed by atoms with Crippen molar-refractivity contribution < 1.29 is 9.21 Å². The van der Waals surface area contributed by atoms with Crippen LogP contribution in [0.4, 0.5) is 0 Å². The van der Waals surface area contributed by atoms with Crippen LogP contribution in [0.25, 0.3) is 11.0 Å². The molecule has 1 aliphatic heterocycles. The molecule has 0 bridgehead atoms. The zero-order valence-corrected chi connectivity index (χ0v) is 12.2. The number of carbonyl (C=O) groups excluding carboxylic acids is 1. The van der Waals surface area contributed by atoms with Crippen LogP contribution in [0.15, 0.2) is 52.1 Å². The van der Waals surface area contributed by atoms with E-state index < -0.39 is 0 Å². The highest BCUT2D eigenvalue weighted by molar-refractivity contribution is 5.93. The Labute approximate surface area is 131 Å². The summed E-state index contributed by atoms with van der Waals surface area (Å²) in [6, 6.07) is 8.18. The van der Waals surface area contributed by atoms with E-state index in [0.29, 0.717) is 30.5 Å². The molecule has 0 saturated carbocycles. The lowest BCUT2D eigenvalue weighted by Gasteiger charge is -2.27. The van der Waals surface area contributed by atoms with E-state index in [-0.39, 0.29) is 17.1 Å². The van der Waals surface area contributed by atoms with Gasteiger partial charge in [0.15, 0.2) is 11.2 Å². The predicted molar refractivity (Wildman–Crippen MR) is 83.0 cm³/mol. The van der Waals surface area contributed by atoms with Gasteiger partial charge in [-0.15, -0.1) is 0 Å². The molecular formula is C17H13N3O3. The third kappa shape index (κ3) is 2.38. The maximum atomic E-state index is 12.7. The first-order valence-corrected chi connectivity index (χ1v) is 7.32. The molecule has 6 heteroatoms. The number of amides is 1. The summed E-state index contributed by atoms with van der Waals surface area (Å²) in [5, 5.41) is 0.474. The highest BCUT2D eigenvalue weighted by Gasteiger charge is 2.24. The Balaban J connectivity index is 1.69. The van der Waals surface area contributed by atoms with E-state index in [0.717, 1.165) is 11.3 Å². The summed E-state index contributed by atoms with van der Waals surface area (Å²) in [5.74, 6) is -0.226. The van der Waals surface area contributed by atoms with Crippen LogP contribution in [0.3, 0.4) is 0 Å². The monoisotopic (exact) mass is 307 g/mol. The average molecular weight is 307 g/mol. The lowest BCUT2D eigenvalue weighted by atomic mass is 10.1. The van der Waals surface area contributed by atoms with E-state index in [1.165, 1.54) is 12.4 Å². The number of benzene rings is 1. The zero-order chi connectivity index (χ0) is 15.8. The summed E-state index contributed by atoms with van der Waals surface area (Å²) >= 11 is 0. The number of carbonyl (C=O) groups is 1. The summed E-state index contributed by atoms with van der Waals surface area (Å²) in [6.45, 7) is 0.963. The molecule has 0 aliphatic carbocycles. The second-order valence-corrected chi connectivity index (χ2v) is 5.44. The Bertz CT molecular complexity index is 964. The number of nitrogens with zero attached hydrogens (tertiary/aromatic N) is 3. The van der Waals surface area contributed by atoms with E-state index in [1.54, 1.807) is 35.4 Å². The molecule has 0 atom stereocenters. The molecule has 4 rings (SSSR count). The largest absolute Gasteiger partial charge is 0.451 e. The van der Waals surface area contributed by atoms with Gasteiger partial charge in [0.05, 0.1) is 11.1 Å². The summed E-state index contributed by atoms with van der Waals surface area (Å²) in [6.07, 6.45) is 3.90. The molecule has 0 unspecified atom stereocenters. The third-order valence-corrected chi connectivity index (χ3v) is 3.99. The molecule has 6 nitrogen and oxygen atoms in total. The number of para-hydroxylation sites is 1. The molecule has 3 aromatic rings. The molecule has 0 saturated heterocycles. The van der Waals surface area contributed by atoms with Gasteiger partial charge in [0.2, 0.25) is 0 Å². The second-order valence-electron chi connectivity index (χ2n) is 5.44. The number of hydrogen-bond donors (Lipinski definition) is 0. The Morgan fingerprint density at radius 2 is 2.13 bits per heavy atom. The third-order valence-electron chi connectivity index (χ3n) is 3.99. The van der Waals surface area contributed by atoms with Crippen molar-refractivity contribution in [1.29, 1.82) is 0 Å². The molecule has 1 aliphatic rings. The van der Waals surface area contributed by atoms with Gasteiger partial charge in [-0.2, -0.15) is 0 Å². The normalized spacial score (nSPS) is 13.8. The van der Waals surface area contributed by atoms with Gasteiger partial charge >= 0.3 is 0 Å². The summed E-state index contributed by atoms with van der Waals surface area (Å²) in [4.78, 5) is 34.7. The zero-order valence-electron chi connectivity index (χ0n) is 12.2. The fourth-order valence-corrected chi connectivity index (χ4v) is 2.81. The standard InChI is InChI=1S/C17H13N3O3/c21-14-7-16(23-15-4-2-1-3-12(14)15)17(22)20-6-5-13-11(9-20)8-18-10-19-13/h1-4,7-8,10H,5-6,9H2. The molecule has 0 spiro atoms. The van der Waals surface area contributed by atoms with Crippen LogP contribution >= 0.6 is 0 Å². The van der Waals surface area contributed by atoms with Gasteiger partial charge in [-0.25, -0.2) is 9.97 Å². The quantitative estimate of drug-likeness (QED) is 0.685. The van der Waals surface area contributed by atoms with Crippen molar-refractivity contribution in [1.82, 2.24) is 14.9 Å². The SMILES string of the molecule is O=C(c1cc(=O)c2ccccc2o1)N1CCc2ncncc2C1. The number of fused-ring (bicyclic) bond motifs is 2. The highest BCUT2D eigenvalue weighted by atomic mass is 16.3. The van der Waals surface area contributed by atoms with Crippen LogP contribution in [-0.4, -0.2) is 27.3 Å². The maximum Gasteiger partial charge on any atom is 0.290 e. The highest BCUT2D eigenvalue weighted by Crippen LogP contribution is 2.19. The van der Waals surface area contributed by atoms with Crippen LogP contribution < -0.4 is 5.43 Å². The molecule has 1 amide bonds. The summed E-state index contributed by atoms with van der Waals surface area (Å²) in [5.41, 5.74) is 2.10. The number of hydrogen-bond acceptors (Lipinski definition) is 5. The second kappa shape index (κ2) is 5.31. The van der Waals surface area contributed by atoms with E-state index in [9.17, 15) is 9.59 Å². The van der Waals surface area contributed by atoms with Crippen molar-refractivity contribution >= 4 is 16.9 Å². The van der Waals surface area contributed by atoms with Gasteiger partial charge in [-0.3, -0.25) is 9.59 Å². The van der Waals surface area contributed by atoms with Crippen molar-refractivity contribution in [3.63, 3.8) is 0 Å². The first-order chi connectivity index (χ1) is 11.2. The van der Waals surface area contributed by atoms with Crippen LogP contribution in [-0.2, 0) is 13.0 Å². The van der Waals surface area contributed by atoms with Crippen LogP contribution in [0.2, 0.25) is 0 Å². The lowest BCUT2D eigenvalue weighted by Crippen LogP contribution is -2.36. The van der Waals surface area contributed by atoms with Gasteiger partial charge < -0.3 is 9.32 Å². The predicted octanol–water partition coefficient (Wildman–Crippen LogP) is 1.78.